The molecule has 0 radical (unpaired) electrons. The van der Waals surface area contributed by atoms with Gasteiger partial charge in [0.15, 0.2) is 0 Å². The Kier molecular flexibility index (Phi) is 6.22. The third-order valence-corrected chi connectivity index (χ3v) is 4.27. The molecule has 3 nitrogen and oxygen atoms in total. The Balaban J connectivity index is 0.00000176. The van der Waals surface area contributed by atoms with Gasteiger partial charge < -0.3 is 10.6 Å². The highest BCUT2D eigenvalue weighted by Crippen LogP contribution is 2.18. The lowest BCUT2D eigenvalue weighted by molar-refractivity contribution is -0.120. The molecule has 1 atom stereocenters. The molecule has 118 valence electrons. The lowest BCUT2D eigenvalue weighted by Crippen LogP contribution is -2.27. The van der Waals surface area contributed by atoms with Crippen molar-refractivity contribution in [3.05, 3.63) is 48.0 Å². The topological polar surface area (TPSA) is 41.1 Å². The summed E-state index contributed by atoms with van der Waals surface area (Å²) in [5.41, 5.74) is 1.10. The summed E-state index contributed by atoms with van der Waals surface area (Å²) in [5, 5.41) is 8.78. The van der Waals surface area contributed by atoms with Gasteiger partial charge in [0.05, 0.1) is 6.42 Å². The number of amides is 1. The van der Waals surface area contributed by atoms with Crippen molar-refractivity contribution in [1.82, 2.24) is 10.6 Å². The van der Waals surface area contributed by atoms with Gasteiger partial charge in [0.25, 0.3) is 0 Å². The third kappa shape index (κ3) is 4.21. The maximum Gasteiger partial charge on any atom is 0.224 e. The molecule has 1 unspecified atom stereocenters. The Morgan fingerprint density at radius 3 is 2.82 bits per heavy atom. The summed E-state index contributed by atoms with van der Waals surface area (Å²) in [7, 11) is 0. The average molecular weight is 319 g/mol. The first-order chi connectivity index (χ1) is 10.3. The number of hydrogen-bond donors (Lipinski definition) is 2. The van der Waals surface area contributed by atoms with Crippen LogP contribution in [0.15, 0.2) is 42.5 Å². The molecular formula is C18H23ClN2O. The van der Waals surface area contributed by atoms with Gasteiger partial charge in [0.2, 0.25) is 5.91 Å². The van der Waals surface area contributed by atoms with E-state index in [0.717, 1.165) is 37.5 Å². The minimum absolute atomic E-state index is 0. The summed E-state index contributed by atoms with van der Waals surface area (Å²) >= 11 is 0. The van der Waals surface area contributed by atoms with Crippen molar-refractivity contribution < 1.29 is 4.79 Å². The molecule has 1 amide bonds. The number of hydrogen-bond acceptors (Lipinski definition) is 2. The fourth-order valence-corrected chi connectivity index (χ4v) is 3.06. The summed E-state index contributed by atoms with van der Waals surface area (Å²) in [6.45, 7) is 3.00. The zero-order chi connectivity index (χ0) is 14.5. The predicted octanol–water partition coefficient (Wildman–Crippen LogP) is 2.92. The normalized spacial score (nSPS) is 17.2. The van der Waals surface area contributed by atoms with Gasteiger partial charge >= 0.3 is 0 Å². The second-order valence-corrected chi connectivity index (χ2v) is 5.81. The second kappa shape index (κ2) is 8.16. The maximum atomic E-state index is 12.1. The second-order valence-electron chi connectivity index (χ2n) is 5.81. The highest BCUT2D eigenvalue weighted by molar-refractivity contribution is 5.90. The molecule has 2 N–H and O–H groups in total. The Morgan fingerprint density at radius 1 is 1.18 bits per heavy atom. The summed E-state index contributed by atoms with van der Waals surface area (Å²) in [6.07, 6.45) is 2.78. The van der Waals surface area contributed by atoms with Gasteiger partial charge in [-0.2, -0.15) is 0 Å². The van der Waals surface area contributed by atoms with E-state index in [1.165, 1.54) is 17.2 Å². The van der Waals surface area contributed by atoms with E-state index in [9.17, 15) is 4.79 Å². The molecule has 0 aliphatic carbocycles. The fraction of sp³-hybridized carbons (Fsp3) is 0.389. The minimum atomic E-state index is 0. The molecule has 0 saturated carbocycles. The van der Waals surface area contributed by atoms with Crippen molar-refractivity contribution in [2.24, 2.45) is 5.92 Å². The highest BCUT2D eigenvalue weighted by Gasteiger charge is 2.14. The van der Waals surface area contributed by atoms with Crippen LogP contribution in [0.3, 0.4) is 0 Å². The summed E-state index contributed by atoms with van der Waals surface area (Å²) in [6, 6.07) is 14.4. The molecular weight excluding hydrogens is 296 g/mol. The van der Waals surface area contributed by atoms with Crippen molar-refractivity contribution in [3.63, 3.8) is 0 Å². The SMILES string of the molecule is Cl.O=C(Cc1cccc2ccccc12)NCCC1CCNC1. The van der Waals surface area contributed by atoms with Gasteiger partial charge in [-0.1, -0.05) is 42.5 Å². The average Bonchev–Trinajstić information content (AvgIpc) is 3.01. The molecule has 22 heavy (non-hydrogen) atoms. The first kappa shape index (κ1) is 16.8. The molecule has 0 spiro atoms. The maximum absolute atomic E-state index is 12.1. The van der Waals surface area contributed by atoms with Gasteiger partial charge in [-0.15, -0.1) is 12.4 Å². The molecule has 4 heteroatoms. The van der Waals surface area contributed by atoms with Crippen LogP contribution < -0.4 is 10.6 Å². The Bertz CT molecular complexity index is 618. The zero-order valence-corrected chi connectivity index (χ0v) is 13.5. The van der Waals surface area contributed by atoms with Crippen LogP contribution in [0.4, 0.5) is 0 Å². The first-order valence-corrected chi connectivity index (χ1v) is 7.77. The van der Waals surface area contributed by atoms with Gasteiger partial charge in [0, 0.05) is 6.54 Å². The molecule has 1 aliphatic rings. The largest absolute Gasteiger partial charge is 0.356 e. The van der Waals surface area contributed by atoms with E-state index in [-0.39, 0.29) is 18.3 Å². The van der Waals surface area contributed by atoms with Crippen molar-refractivity contribution in [3.8, 4) is 0 Å². The van der Waals surface area contributed by atoms with E-state index in [4.69, 9.17) is 0 Å². The molecule has 1 heterocycles. The Hall–Kier alpha value is -1.58. The van der Waals surface area contributed by atoms with Crippen molar-refractivity contribution >= 4 is 29.1 Å². The van der Waals surface area contributed by atoms with Crippen LogP contribution in [0.5, 0.6) is 0 Å². The van der Waals surface area contributed by atoms with Crippen molar-refractivity contribution in [1.29, 1.82) is 0 Å². The van der Waals surface area contributed by atoms with E-state index in [1.54, 1.807) is 0 Å². The van der Waals surface area contributed by atoms with E-state index >= 15 is 0 Å². The van der Waals surface area contributed by atoms with E-state index in [1.807, 2.05) is 24.3 Å². The van der Waals surface area contributed by atoms with Crippen LogP contribution >= 0.6 is 12.4 Å². The van der Waals surface area contributed by atoms with Crippen molar-refractivity contribution in [2.45, 2.75) is 19.3 Å². The van der Waals surface area contributed by atoms with Crippen LogP contribution in [0.2, 0.25) is 0 Å². The van der Waals surface area contributed by atoms with E-state index in [2.05, 4.69) is 28.8 Å². The highest BCUT2D eigenvalue weighted by atomic mass is 35.5. The number of fused-ring (bicyclic) bond motifs is 1. The molecule has 0 bridgehead atoms. The lowest BCUT2D eigenvalue weighted by atomic mass is 10.0. The molecule has 1 fully saturated rings. The Morgan fingerprint density at radius 2 is 2.00 bits per heavy atom. The summed E-state index contributed by atoms with van der Waals surface area (Å²) in [4.78, 5) is 12.1. The van der Waals surface area contributed by atoms with Crippen LogP contribution in [0.1, 0.15) is 18.4 Å². The van der Waals surface area contributed by atoms with Gasteiger partial charge in [0.1, 0.15) is 0 Å². The van der Waals surface area contributed by atoms with Crippen LogP contribution in [-0.2, 0) is 11.2 Å². The standard InChI is InChI=1S/C18H22N2O.ClH/c21-18(20-11-9-14-8-10-19-13-14)12-16-6-3-5-15-4-1-2-7-17(15)16;/h1-7,14,19H,8-13H2,(H,20,21);1H. The lowest BCUT2D eigenvalue weighted by Gasteiger charge is -2.10. The van der Waals surface area contributed by atoms with Gasteiger partial charge in [-0.05, 0) is 48.2 Å². The molecule has 3 rings (SSSR count). The third-order valence-electron chi connectivity index (χ3n) is 4.27. The van der Waals surface area contributed by atoms with Crippen LogP contribution in [-0.4, -0.2) is 25.5 Å². The molecule has 1 saturated heterocycles. The number of benzene rings is 2. The molecule has 0 aromatic heterocycles. The summed E-state index contributed by atoms with van der Waals surface area (Å²) < 4.78 is 0. The molecule has 2 aromatic carbocycles. The Labute approximate surface area is 137 Å². The number of rotatable bonds is 5. The van der Waals surface area contributed by atoms with Crippen LogP contribution in [0.25, 0.3) is 10.8 Å². The predicted molar refractivity (Wildman–Crippen MR) is 93.5 cm³/mol. The molecule has 2 aromatic rings. The monoisotopic (exact) mass is 318 g/mol. The minimum Gasteiger partial charge on any atom is -0.356 e. The summed E-state index contributed by atoms with van der Waals surface area (Å²) in [5.74, 6) is 0.847. The number of carbonyl (C=O) groups excluding carboxylic acids is 1. The van der Waals surface area contributed by atoms with Gasteiger partial charge in [-0.25, -0.2) is 0 Å². The van der Waals surface area contributed by atoms with Crippen molar-refractivity contribution in [2.75, 3.05) is 19.6 Å². The zero-order valence-electron chi connectivity index (χ0n) is 12.7. The van der Waals surface area contributed by atoms with E-state index in [0.29, 0.717) is 6.42 Å². The quantitative estimate of drug-likeness (QED) is 0.890. The smallest absolute Gasteiger partial charge is 0.224 e. The first-order valence-electron chi connectivity index (χ1n) is 7.77. The molecule has 1 aliphatic heterocycles. The fourth-order valence-electron chi connectivity index (χ4n) is 3.06. The number of halogens is 1. The van der Waals surface area contributed by atoms with Gasteiger partial charge in [-0.3, -0.25) is 4.79 Å². The number of carbonyl (C=O) groups is 1. The van der Waals surface area contributed by atoms with E-state index < -0.39 is 0 Å². The van der Waals surface area contributed by atoms with Crippen LogP contribution in [0, 0.1) is 5.92 Å². The number of nitrogens with one attached hydrogen (secondary N) is 2.